The van der Waals surface area contributed by atoms with Crippen molar-refractivity contribution in [3.8, 4) is 0 Å². The lowest BCUT2D eigenvalue weighted by atomic mass is 9.76. The monoisotopic (exact) mass is 496 g/mol. The van der Waals surface area contributed by atoms with E-state index >= 15 is 0 Å². The van der Waals surface area contributed by atoms with Crippen molar-refractivity contribution in [2.75, 3.05) is 36.0 Å². The van der Waals surface area contributed by atoms with Crippen molar-refractivity contribution >= 4 is 40.5 Å². The molecular weight excluding hydrogens is 468 g/mol. The molecule has 2 amide bonds. The van der Waals surface area contributed by atoms with E-state index in [0.29, 0.717) is 48.2 Å². The molecule has 1 aliphatic carbocycles. The molecule has 3 aliphatic rings. The Hall–Kier alpha value is -2.97. The largest absolute Gasteiger partial charge is 0.363 e. The van der Waals surface area contributed by atoms with E-state index in [1.54, 1.807) is 12.1 Å². The lowest BCUT2D eigenvalue weighted by Crippen LogP contribution is -2.46. The van der Waals surface area contributed by atoms with Crippen molar-refractivity contribution in [3.05, 3.63) is 63.2 Å². The summed E-state index contributed by atoms with van der Waals surface area (Å²) in [6.07, 6.45) is 2.33. The smallest absolute Gasteiger partial charge is 0.294 e. The first kappa shape index (κ1) is 23.8. The van der Waals surface area contributed by atoms with Gasteiger partial charge in [-0.2, -0.15) is 0 Å². The Kier molecular flexibility index (Phi) is 6.51. The Labute approximate surface area is 209 Å². The zero-order chi connectivity index (χ0) is 24.7. The van der Waals surface area contributed by atoms with Gasteiger partial charge in [0.2, 0.25) is 11.8 Å². The fourth-order valence-corrected chi connectivity index (χ4v) is 5.83. The summed E-state index contributed by atoms with van der Waals surface area (Å²) in [7, 11) is 0. The van der Waals surface area contributed by atoms with Crippen LogP contribution in [-0.4, -0.2) is 47.8 Å². The molecule has 2 saturated heterocycles. The third-order valence-electron chi connectivity index (χ3n) is 7.63. The number of amides is 2. The van der Waals surface area contributed by atoms with Crippen LogP contribution in [0.1, 0.15) is 31.7 Å². The fraction of sp³-hybridized carbons (Fsp3) is 0.462. The molecule has 2 aliphatic heterocycles. The van der Waals surface area contributed by atoms with Crippen LogP contribution in [0.25, 0.3) is 0 Å². The number of hydrogen-bond acceptors (Lipinski definition) is 6. The van der Waals surface area contributed by atoms with Gasteiger partial charge < -0.3 is 4.90 Å². The van der Waals surface area contributed by atoms with Crippen molar-refractivity contribution in [2.24, 2.45) is 17.8 Å². The second-order valence-electron chi connectivity index (χ2n) is 9.96. The van der Waals surface area contributed by atoms with E-state index in [1.165, 1.54) is 16.5 Å². The average Bonchev–Trinajstić information content (AvgIpc) is 3.09. The maximum atomic E-state index is 13.1. The predicted molar refractivity (Wildman–Crippen MR) is 135 cm³/mol. The van der Waals surface area contributed by atoms with Crippen LogP contribution in [0, 0.1) is 27.9 Å². The van der Waals surface area contributed by atoms with Gasteiger partial charge in [-0.25, -0.2) is 4.90 Å². The summed E-state index contributed by atoms with van der Waals surface area (Å²) in [6.45, 7) is 5.74. The number of anilines is 2. The molecule has 3 atom stereocenters. The van der Waals surface area contributed by atoms with Gasteiger partial charge in [-0.05, 0) is 55.0 Å². The molecule has 5 rings (SSSR count). The highest BCUT2D eigenvalue weighted by Gasteiger charge is 2.50. The second kappa shape index (κ2) is 9.59. The molecule has 0 spiro atoms. The Balaban J connectivity index is 1.31. The van der Waals surface area contributed by atoms with Crippen molar-refractivity contribution in [2.45, 2.75) is 32.7 Å². The van der Waals surface area contributed by atoms with Crippen LogP contribution in [0.15, 0.2) is 42.5 Å². The molecule has 2 heterocycles. The molecular formula is C26H29ClN4O4. The zero-order valence-corrected chi connectivity index (χ0v) is 20.5. The van der Waals surface area contributed by atoms with E-state index in [4.69, 9.17) is 11.6 Å². The van der Waals surface area contributed by atoms with Crippen LogP contribution in [0.2, 0.25) is 5.02 Å². The third-order valence-corrected chi connectivity index (χ3v) is 7.89. The highest BCUT2D eigenvalue weighted by molar-refractivity contribution is 6.30. The minimum absolute atomic E-state index is 0.0718. The van der Waals surface area contributed by atoms with E-state index < -0.39 is 4.92 Å². The number of rotatable bonds is 5. The van der Waals surface area contributed by atoms with Gasteiger partial charge >= 0.3 is 0 Å². The van der Waals surface area contributed by atoms with E-state index in [9.17, 15) is 19.7 Å². The Morgan fingerprint density at radius 2 is 1.66 bits per heavy atom. The number of benzene rings is 2. The maximum absolute atomic E-state index is 13.1. The summed E-state index contributed by atoms with van der Waals surface area (Å²) >= 11 is 5.97. The number of nitro benzene ring substituents is 1. The Morgan fingerprint density at radius 3 is 2.34 bits per heavy atom. The molecule has 0 radical (unpaired) electrons. The lowest BCUT2D eigenvalue weighted by molar-refractivity contribution is -0.384. The molecule has 0 bridgehead atoms. The molecule has 2 aromatic rings. The normalized spacial score (nSPS) is 25.1. The number of hydrogen-bond donors (Lipinski definition) is 0. The Morgan fingerprint density at radius 1 is 0.971 bits per heavy atom. The fourth-order valence-electron chi connectivity index (χ4n) is 5.70. The summed E-state index contributed by atoms with van der Waals surface area (Å²) in [6, 6.07) is 12.5. The SMILES string of the molecule is C[C@@H]1CC[C@@H]2C(=O)N(c3ccc(N4CCN(Cc5ccc(Cl)cc5)CC4)c([N+](=O)[O-])c3)C(=O)[C@H]2C1. The van der Waals surface area contributed by atoms with Crippen LogP contribution < -0.4 is 9.80 Å². The topological polar surface area (TPSA) is 87.0 Å². The van der Waals surface area contributed by atoms with Crippen LogP contribution in [0.4, 0.5) is 17.1 Å². The molecule has 9 heteroatoms. The average molecular weight is 497 g/mol. The number of nitrogens with zero attached hydrogens (tertiary/aromatic N) is 4. The highest BCUT2D eigenvalue weighted by atomic mass is 35.5. The van der Waals surface area contributed by atoms with Gasteiger partial charge in [-0.15, -0.1) is 0 Å². The first-order valence-electron chi connectivity index (χ1n) is 12.2. The number of piperazine rings is 1. The number of carbonyl (C=O) groups excluding carboxylic acids is 2. The first-order chi connectivity index (χ1) is 16.8. The third kappa shape index (κ3) is 4.65. The lowest BCUT2D eigenvalue weighted by Gasteiger charge is -2.36. The highest BCUT2D eigenvalue weighted by Crippen LogP contribution is 2.43. The maximum Gasteiger partial charge on any atom is 0.294 e. The standard InChI is InChI=1S/C26H29ClN4O4/c1-17-2-8-21-22(14-17)26(33)30(25(21)32)20-7-9-23(24(15-20)31(34)35)29-12-10-28(11-13-29)16-18-3-5-19(27)6-4-18/h3-7,9,15,17,21-22H,2,8,10-14,16H2,1H3/t17-,21+,22+/m1/s1. The van der Waals surface area contributed by atoms with Crippen molar-refractivity contribution in [3.63, 3.8) is 0 Å². The molecule has 3 fully saturated rings. The number of fused-ring (bicyclic) bond motifs is 1. The van der Waals surface area contributed by atoms with Gasteiger partial charge in [0, 0.05) is 43.8 Å². The summed E-state index contributed by atoms with van der Waals surface area (Å²) in [4.78, 5) is 43.2. The molecule has 35 heavy (non-hydrogen) atoms. The molecule has 0 unspecified atom stereocenters. The minimum atomic E-state index is -0.418. The molecule has 2 aromatic carbocycles. The van der Waals surface area contributed by atoms with Gasteiger partial charge in [0.25, 0.3) is 5.69 Å². The molecule has 184 valence electrons. The van der Waals surface area contributed by atoms with Gasteiger partial charge in [0.05, 0.1) is 22.4 Å². The summed E-state index contributed by atoms with van der Waals surface area (Å²) in [5.41, 5.74) is 1.93. The van der Waals surface area contributed by atoms with Crippen molar-refractivity contribution in [1.29, 1.82) is 0 Å². The van der Waals surface area contributed by atoms with E-state index in [2.05, 4.69) is 11.8 Å². The van der Waals surface area contributed by atoms with Gasteiger partial charge in [0.15, 0.2) is 0 Å². The quantitative estimate of drug-likeness (QED) is 0.344. The van der Waals surface area contributed by atoms with Crippen molar-refractivity contribution < 1.29 is 14.5 Å². The summed E-state index contributed by atoms with van der Waals surface area (Å²) < 4.78 is 0. The van der Waals surface area contributed by atoms with E-state index in [1.807, 2.05) is 29.2 Å². The van der Waals surface area contributed by atoms with Crippen LogP contribution in [0.5, 0.6) is 0 Å². The number of imide groups is 1. The minimum Gasteiger partial charge on any atom is -0.363 e. The predicted octanol–water partition coefficient (Wildman–Crippen LogP) is 4.50. The van der Waals surface area contributed by atoms with E-state index in [0.717, 1.165) is 26.1 Å². The van der Waals surface area contributed by atoms with Crippen LogP contribution >= 0.6 is 11.6 Å². The molecule has 0 N–H and O–H groups in total. The zero-order valence-electron chi connectivity index (χ0n) is 19.7. The van der Waals surface area contributed by atoms with Crippen LogP contribution in [0.3, 0.4) is 0 Å². The van der Waals surface area contributed by atoms with Crippen molar-refractivity contribution in [1.82, 2.24) is 4.90 Å². The number of carbonyl (C=O) groups is 2. The number of nitro groups is 1. The van der Waals surface area contributed by atoms with Gasteiger partial charge in [0.1, 0.15) is 5.69 Å². The van der Waals surface area contributed by atoms with Gasteiger partial charge in [-0.3, -0.25) is 24.6 Å². The number of halogens is 1. The first-order valence-corrected chi connectivity index (χ1v) is 12.6. The molecule has 0 aromatic heterocycles. The second-order valence-corrected chi connectivity index (χ2v) is 10.4. The molecule has 1 saturated carbocycles. The molecule has 8 nitrogen and oxygen atoms in total. The summed E-state index contributed by atoms with van der Waals surface area (Å²) in [5, 5.41) is 12.7. The van der Waals surface area contributed by atoms with Crippen LogP contribution in [-0.2, 0) is 16.1 Å². The Bertz CT molecular complexity index is 1150. The van der Waals surface area contributed by atoms with Gasteiger partial charge in [-0.1, -0.05) is 30.7 Å². The van der Waals surface area contributed by atoms with E-state index in [-0.39, 0.29) is 29.3 Å². The summed E-state index contributed by atoms with van der Waals surface area (Å²) in [5.74, 6) is -0.637.